The monoisotopic (exact) mass is 492 g/mol. The van der Waals surface area contributed by atoms with E-state index in [2.05, 4.69) is 39.3 Å². The van der Waals surface area contributed by atoms with Gasteiger partial charge in [0.05, 0.1) is 16.9 Å². The molecule has 194 valence electrons. The van der Waals surface area contributed by atoms with E-state index in [9.17, 15) is 9.59 Å². The Morgan fingerprint density at radius 3 is 2.67 bits per heavy atom. The number of hydrogen-bond donors (Lipinski definition) is 2. The molecule has 2 aromatic rings. The molecule has 1 aromatic carbocycles. The van der Waals surface area contributed by atoms with Crippen molar-refractivity contribution >= 4 is 29.1 Å². The molecule has 0 unspecified atom stereocenters. The Hall–Kier alpha value is -2.97. The fourth-order valence-electron chi connectivity index (χ4n) is 5.25. The smallest absolute Gasteiger partial charge is 0.327 e. The molecular weight excluding hydrogens is 452 g/mol. The van der Waals surface area contributed by atoms with Crippen LogP contribution in [0.3, 0.4) is 0 Å². The summed E-state index contributed by atoms with van der Waals surface area (Å²) in [6.45, 7) is 11.5. The third-order valence-electron chi connectivity index (χ3n) is 7.48. The minimum atomic E-state index is -0.276. The lowest BCUT2D eigenvalue weighted by atomic mass is 9.91. The maximum Gasteiger partial charge on any atom is 0.327 e. The molecule has 1 aromatic heterocycles. The third-order valence-corrected chi connectivity index (χ3v) is 7.48. The van der Waals surface area contributed by atoms with Gasteiger partial charge in [0, 0.05) is 19.3 Å². The quantitative estimate of drug-likeness (QED) is 0.469. The number of nitrogens with zero attached hydrogens (tertiary/aromatic N) is 4. The van der Waals surface area contributed by atoms with Crippen LogP contribution in [0.25, 0.3) is 0 Å². The van der Waals surface area contributed by atoms with Gasteiger partial charge in [-0.15, -0.1) is 0 Å². The van der Waals surface area contributed by atoms with E-state index in [0.29, 0.717) is 29.3 Å². The number of hydrogen-bond acceptors (Lipinski definition) is 5. The molecule has 0 radical (unpaired) electrons. The van der Waals surface area contributed by atoms with E-state index in [1.165, 1.54) is 43.5 Å². The van der Waals surface area contributed by atoms with Crippen LogP contribution >= 0.6 is 0 Å². The van der Waals surface area contributed by atoms with Gasteiger partial charge in [0.1, 0.15) is 0 Å². The number of likely N-dealkylation sites (tertiary alicyclic amines) is 1. The number of para-hydroxylation sites is 1. The summed E-state index contributed by atoms with van der Waals surface area (Å²) in [6, 6.07) is 10.4. The van der Waals surface area contributed by atoms with Crippen molar-refractivity contribution in [1.82, 2.24) is 20.1 Å². The van der Waals surface area contributed by atoms with E-state index in [1.807, 2.05) is 6.07 Å². The van der Waals surface area contributed by atoms with Gasteiger partial charge < -0.3 is 20.4 Å². The molecule has 36 heavy (non-hydrogen) atoms. The second-order valence-corrected chi connectivity index (χ2v) is 9.72. The first-order chi connectivity index (χ1) is 17.6. The summed E-state index contributed by atoms with van der Waals surface area (Å²) < 4.78 is 0. The Labute approximate surface area is 215 Å². The first kappa shape index (κ1) is 26.1. The van der Waals surface area contributed by atoms with Crippen LogP contribution in [-0.4, -0.2) is 72.5 Å². The number of benzene rings is 1. The van der Waals surface area contributed by atoms with Crippen LogP contribution in [0.4, 0.5) is 22.0 Å². The SMILES string of the molecule is CCN(CC)CCCCC1CCN(CCNC(=O)N2c3ccccc3C(=O)Nc3cccnc32)CC1. The lowest BCUT2D eigenvalue weighted by Gasteiger charge is -2.32. The standard InChI is InChI=1S/C28H40N6O2/c1-3-32(4-2)18-8-7-10-22-14-19-33(20-15-22)21-17-30-28(36)34-25-13-6-5-11-23(25)27(35)31-24-12-9-16-29-26(24)34/h5-6,9,11-13,16,22H,3-4,7-8,10,14-15,17-21H2,1-2H3,(H,30,36)(H,31,35). The van der Waals surface area contributed by atoms with Gasteiger partial charge in [-0.3, -0.25) is 4.79 Å². The number of fused-ring (bicyclic) bond motifs is 2. The fourth-order valence-corrected chi connectivity index (χ4v) is 5.25. The summed E-state index contributed by atoms with van der Waals surface area (Å²) in [5.74, 6) is 1.01. The maximum absolute atomic E-state index is 13.3. The average Bonchev–Trinajstić information content (AvgIpc) is 3.03. The zero-order chi connectivity index (χ0) is 25.3. The second-order valence-electron chi connectivity index (χ2n) is 9.72. The number of urea groups is 1. The van der Waals surface area contributed by atoms with Crippen molar-refractivity contribution in [3.05, 3.63) is 48.2 Å². The topological polar surface area (TPSA) is 80.8 Å². The summed E-state index contributed by atoms with van der Waals surface area (Å²) in [7, 11) is 0. The van der Waals surface area contributed by atoms with E-state index in [0.717, 1.165) is 38.6 Å². The van der Waals surface area contributed by atoms with E-state index < -0.39 is 0 Å². The molecule has 0 saturated carbocycles. The summed E-state index contributed by atoms with van der Waals surface area (Å²) in [5.41, 5.74) is 1.50. The van der Waals surface area contributed by atoms with Gasteiger partial charge in [0.15, 0.2) is 5.82 Å². The summed E-state index contributed by atoms with van der Waals surface area (Å²) in [5, 5.41) is 5.93. The minimum absolute atomic E-state index is 0.244. The lowest BCUT2D eigenvalue weighted by Crippen LogP contribution is -2.43. The molecule has 2 aliphatic heterocycles. The number of amides is 3. The summed E-state index contributed by atoms with van der Waals surface area (Å²) in [4.78, 5) is 36.9. The highest BCUT2D eigenvalue weighted by Gasteiger charge is 2.30. The summed E-state index contributed by atoms with van der Waals surface area (Å²) >= 11 is 0. The molecule has 8 heteroatoms. The van der Waals surface area contributed by atoms with Crippen LogP contribution in [0.1, 0.15) is 56.3 Å². The number of piperidine rings is 1. The van der Waals surface area contributed by atoms with Crippen LogP contribution in [0.2, 0.25) is 0 Å². The predicted octanol–water partition coefficient (Wildman–Crippen LogP) is 4.72. The Bertz CT molecular complexity index is 1020. The number of nitrogens with one attached hydrogen (secondary N) is 2. The predicted molar refractivity (Wildman–Crippen MR) is 145 cm³/mol. The molecule has 0 bridgehead atoms. The number of carbonyl (C=O) groups is 2. The minimum Gasteiger partial charge on any atom is -0.336 e. The molecule has 0 atom stereocenters. The normalized spacial score (nSPS) is 16.3. The number of unbranched alkanes of at least 4 members (excludes halogenated alkanes) is 1. The van der Waals surface area contributed by atoms with Gasteiger partial charge >= 0.3 is 6.03 Å². The van der Waals surface area contributed by atoms with Crippen molar-refractivity contribution in [2.24, 2.45) is 5.92 Å². The third kappa shape index (κ3) is 6.42. The average molecular weight is 493 g/mol. The molecule has 3 heterocycles. The van der Waals surface area contributed by atoms with Gasteiger partial charge in [-0.25, -0.2) is 14.7 Å². The van der Waals surface area contributed by atoms with Crippen LogP contribution < -0.4 is 15.5 Å². The van der Waals surface area contributed by atoms with Crippen molar-refractivity contribution < 1.29 is 9.59 Å². The molecule has 8 nitrogen and oxygen atoms in total. The van der Waals surface area contributed by atoms with E-state index in [4.69, 9.17) is 0 Å². The molecule has 2 aliphatic rings. The van der Waals surface area contributed by atoms with Crippen molar-refractivity contribution in [2.45, 2.75) is 46.0 Å². The van der Waals surface area contributed by atoms with Gasteiger partial charge in [-0.1, -0.05) is 38.8 Å². The van der Waals surface area contributed by atoms with Gasteiger partial charge in [-0.05, 0) is 82.2 Å². The number of anilines is 3. The highest BCUT2D eigenvalue weighted by molar-refractivity contribution is 6.16. The summed E-state index contributed by atoms with van der Waals surface area (Å²) in [6.07, 6.45) is 8.06. The van der Waals surface area contributed by atoms with Gasteiger partial charge in [0.25, 0.3) is 5.91 Å². The number of rotatable bonds is 10. The molecule has 0 aliphatic carbocycles. The van der Waals surface area contributed by atoms with Crippen LogP contribution in [0, 0.1) is 5.92 Å². The molecular formula is C28H40N6O2. The van der Waals surface area contributed by atoms with Crippen molar-refractivity contribution in [3.63, 3.8) is 0 Å². The number of pyridine rings is 1. The Morgan fingerprint density at radius 2 is 1.89 bits per heavy atom. The van der Waals surface area contributed by atoms with E-state index in [1.54, 1.807) is 36.5 Å². The Balaban J connectivity index is 1.26. The molecule has 1 fully saturated rings. The maximum atomic E-state index is 13.3. The van der Waals surface area contributed by atoms with Crippen molar-refractivity contribution in [2.75, 3.05) is 56.0 Å². The lowest BCUT2D eigenvalue weighted by molar-refractivity contribution is 0.102. The molecule has 0 spiro atoms. The van der Waals surface area contributed by atoms with Crippen molar-refractivity contribution in [3.8, 4) is 0 Å². The first-order valence-electron chi connectivity index (χ1n) is 13.5. The van der Waals surface area contributed by atoms with Crippen LogP contribution in [0.15, 0.2) is 42.6 Å². The molecule has 4 rings (SSSR count). The molecule has 2 N–H and O–H groups in total. The largest absolute Gasteiger partial charge is 0.336 e. The molecule has 3 amide bonds. The van der Waals surface area contributed by atoms with Crippen LogP contribution in [0.5, 0.6) is 0 Å². The second kappa shape index (κ2) is 12.8. The number of carbonyl (C=O) groups excluding carboxylic acids is 2. The van der Waals surface area contributed by atoms with Crippen molar-refractivity contribution in [1.29, 1.82) is 0 Å². The van der Waals surface area contributed by atoms with Crippen LogP contribution in [-0.2, 0) is 0 Å². The zero-order valence-electron chi connectivity index (χ0n) is 21.7. The highest BCUT2D eigenvalue weighted by atomic mass is 16.2. The van der Waals surface area contributed by atoms with E-state index in [-0.39, 0.29) is 11.9 Å². The Kier molecular flexibility index (Phi) is 9.30. The Morgan fingerprint density at radius 1 is 1.11 bits per heavy atom. The zero-order valence-corrected chi connectivity index (χ0v) is 21.7. The number of aromatic nitrogens is 1. The first-order valence-corrected chi connectivity index (χ1v) is 13.5. The van der Waals surface area contributed by atoms with Gasteiger partial charge in [0.2, 0.25) is 0 Å². The fraction of sp³-hybridized carbons (Fsp3) is 0.536. The van der Waals surface area contributed by atoms with Gasteiger partial charge in [-0.2, -0.15) is 0 Å². The highest BCUT2D eigenvalue weighted by Crippen LogP contribution is 2.36. The van der Waals surface area contributed by atoms with E-state index >= 15 is 0 Å². The molecule has 1 saturated heterocycles.